The Morgan fingerprint density at radius 3 is 2.88 bits per heavy atom. The summed E-state index contributed by atoms with van der Waals surface area (Å²) in [5, 5.41) is 2.79. The fraction of sp³-hybridized carbons (Fsp3) is 0.583. The van der Waals surface area contributed by atoms with E-state index in [9.17, 15) is 4.79 Å². The third-order valence-electron chi connectivity index (χ3n) is 3.20. The fourth-order valence-electron chi connectivity index (χ4n) is 2.03. The van der Waals surface area contributed by atoms with Crippen LogP contribution in [-0.4, -0.2) is 29.1 Å². The monoisotopic (exact) mass is 235 g/mol. The van der Waals surface area contributed by atoms with E-state index in [2.05, 4.69) is 15.3 Å². The first-order chi connectivity index (χ1) is 8.27. The number of aromatic nitrogens is 2. The van der Waals surface area contributed by atoms with Gasteiger partial charge in [0.15, 0.2) is 5.82 Å². The number of carbonyl (C=O) groups is 1. The second-order valence-electron chi connectivity index (χ2n) is 4.32. The second-order valence-corrected chi connectivity index (χ2v) is 4.32. The van der Waals surface area contributed by atoms with Gasteiger partial charge < -0.3 is 10.1 Å². The molecule has 1 atom stereocenters. The molecular weight excluding hydrogens is 218 g/mol. The summed E-state index contributed by atoms with van der Waals surface area (Å²) in [5.74, 6) is 0.912. The fourth-order valence-corrected chi connectivity index (χ4v) is 2.03. The molecule has 5 nitrogen and oxygen atoms in total. The molecule has 1 amide bonds. The Hall–Kier alpha value is -1.49. The Labute approximate surface area is 101 Å². The quantitative estimate of drug-likeness (QED) is 0.861. The van der Waals surface area contributed by atoms with Crippen molar-refractivity contribution in [2.75, 3.05) is 18.5 Å². The molecule has 5 heteroatoms. The van der Waals surface area contributed by atoms with Gasteiger partial charge in [-0.15, -0.1) is 0 Å². The largest absolute Gasteiger partial charge is 0.381 e. The lowest BCUT2D eigenvalue weighted by Crippen LogP contribution is -2.31. The number of amides is 1. The van der Waals surface area contributed by atoms with Gasteiger partial charge in [0.2, 0.25) is 5.91 Å². The van der Waals surface area contributed by atoms with E-state index in [1.165, 1.54) is 0 Å². The van der Waals surface area contributed by atoms with Crippen LogP contribution in [0.4, 0.5) is 5.82 Å². The first-order valence-electron chi connectivity index (χ1n) is 5.92. The van der Waals surface area contributed by atoms with Crippen LogP contribution in [0.2, 0.25) is 0 Å². The molecule has 0 radical (unpaired) electrons. The van der Waals surface area contributed by atoms with E-state index < -0.39 is 0 Å². The van der Waals surface area contributed by atoms with E-state index in [-0.39, 0.29) is 11.8 Å². The molecule has 0 aliphatic carbocycles. The summed E-state index contributed by atoms with van der Waals surface area (Å²) in [6, 6.07) is 0. The molecule has 0 spiro atoms. The van der Waals surface area contributed by atoms with E-state index >= 15 is 0 Å². The van der Waals surface area contributed by atoms with Gasteiger partial charge in [0.1, 0.15) is 0 Å². The Morgan fingerprint density at radius 2 is 2.24 bits per heavy atom. The Balaban J connectivity index is 1.90. The first kappa shape index (κ1) is 12.0. The summed E-state index contributed by atoms with van der Waals surface area (Å²) < 4.78 is 5.29. The number of hydrogen-bond donors (Lipinski definition) is 1. The van der Waals surface area contributed by atoms with Crippen molar-refractivity contribution < 1.29 is 9.53 Å². The normalized spacial score (nSPS) is 18.6. The maximum absolute atomic E-state index is 12.0. The summed E-state index contributed by atoms with van der Waals surface area (Å²) in [5.41, 5.74) is 0. The van der Waals surface area contributed by atoms with Crippen molar-refractivity contribution in [3.05, 3.63) is 18.6 Å². The predicted octanol–water partition coefficient (Wildman–Crippen LogP) is 1.48. The minimum atomic E-state index is -0.0130. The van der Waals surface area contributed by atoms with E-state index in [4.69, 9.17) is 4.74 Å². The highest BCUT2D eigenvalue weighted by atomic mass is 16.5. The van der Waals surface area contributed by atoms with Crippen molar-refractivity contribution >= 4 is 11.7 Å². The Morgan fingerprint density at radius 1 is 1.47 bits per heavy atom. The average Bonchev–Trinajstić information content (AvgIpc) is 2.40. The Kier molecular flexibility index (Phi) is 4.03. The third kappa shape index (κ3) is 3.23. The molecule has 1 aromatic rings. The molecule has 1 unspecified atom stereocenters. The average molecular weight is 235 g/mol. The summed E-state index contributed by atoms with van der Waals surface area (Å²) in [4.78, 5) is 19.9. The standard InChI is InChI=1S/C12H17N3O2/c1-9(10-2-6-17-7-3-10)12(16)15-11-8-13-4-5-14-11/h4-5,8-10H,2-3,6-7H2,1H3,(H,14,15,16). The Bertz CT molecular complexity index is 363. The minimum absolute atomic E-state index is 0.0115. The molecular formula is C12H17N3O2. The van der Waals surface area contributed by atoms with Crippen molar-refractivity contribution in [2.24, 2.45) is 11.8 Å². The van der Waals surface area contributed by atoms with Gasteiger partial charge in [-0.25, -0.2) is 4.98 Å². The number of nitrogens with zero attached hydrogens (tertiary/aromatic N) is 2. The lowest BCUT2D eigenvalue weighted by atomic mass is 9.87. The first-order valence-corrected chi connectivity index (χ1v) is 5.92. The van der Waals surface area contributed by atoms with E-state index in [1.807, 2.05) is 6.92 Å². The smallest absolute Gasteiger partial charge is 0.228 e. The van der Waals surface area contributed by atoms with Crippen LogP contribution in [0.3, 0.4) is 0 Å². The SMILES string of the molecule is CC(C(=O)Nc1cnccn1)C1CCOCC1. The molecule has 1 saturated heterocycles. The highest BCUT2D eigenvalue weighted by Gasteiger charge is 2.26. The number of rotatable bonds is 3. The summed E-state index contributed by atoms with van der Waals surface area (Å²) in [6.45, 7) is 3.47. The number of hydrogen-bond acceptors (Lipinski definition) is 4. The van der Waals surface area contributed by atoms with Gasteiger partial charge in [0.25, 0.3) is 0 Å². The van der Waals surface area contributed by atoms with Gasteiger partial charge in [-0.1, -0.05) is 6.92 Å². The molecule has 0 bridgehead atoms. The number of anilines is 1. The van der Waals surface area contributed by atoms with Crippen LogP contribution in [0.15, 0.2) is 18.6 Å². The molecule has 1 fully saturated rings. The molecule has 1 aromatic heterocycles. The zero-order valence-corrected chi connectivity index (χ0v) is 9.93. The summed E-state index contributed by atoms with van der Waals surface area (Å²) in [7, 11) is 0. The molecule has 1 aliphatic rings. The maximum atomic E-state index is 12.0. The van der Waals surface area contributed by atoms with Gasteiger partial charge in [-0.2, -0.15) is 0 Å². The number of ether oxygens (including phenoxy) is 1. The van der Waals surface area contributed by atoms with Gasteiger partial charge in [0.05, 0.1) is 6.20 Å². The molecule has 17 heavy (non-hydrogen) atoms. The van der Waals surface area contributed by atoms with Crippen LogP contribution in [0.1, 0.15) is 19.8 Å². The predicted molar refractivity (Wildman–Crippen MR) is 63.4 cm³/mol. The van der Waals surface area contributed by atoms with Crippen molar-refractivity contribution in [1.29, 1.82) is 0 Å². The van der Waals surface area contributed by atoms with E-state index in [1.54, 1.807) is 18.6 Å². The molecule has 0 saturated carbocycles. The van der Waals surface area contributed by atoms with Crippen molar-refractivity contribution in [3.8, 4) is 0 Å². The molecule has 2 rings (SSSR count). The van der Waals surface area contributed by atoms with Gasteiger partial charge in [0, 0.05) is 31.5 Å². The van der Waals surface area contributed by atoms with Crippen LogP contribution in [0.25, 0.3) is 0 Å². The third-order valence-corrected chi connectivity index (χ3v) is 3.20. The summed E-state index contributed by atoms with van der Waals surface area (Å²) in [6.07, 6.45) is 6.60. The minimum Gasteiger partial charge on any atom is -0.381 e. The van der Waals surface area contributed by atoms with Crippen LogP contribution < -0.4 is 5.32 Å². The lowest BCUT2D eigenvalue weighted by Gasteiger charge is -2.26. The van der Waals surface area contributed by atoms with Gasteiger partial charge >= 0.3 is 0 Å². The van der Waals surface area contributed by atoms with Crippen LogP contribution in [-0.2, 0) is 9.53 Å². The molecule has 0 aromatic carbocycles. The number of nitrogens with one attached hydrogen (secondary N) is 1. The van der Waals surface area contributed by atoms with Gasteiger partial charge in [-0.3, -0.25) is 9.78 Å². The van der Waals surface area contributed by atoms with E-state index in [0.29, 0.717) is 11.7 Å². The highest BCUT2D eigenvalue weighted by molar-refractivity contribution is 5.91. The molecule has 1 aliphatic heterocycles. The van der Waals surface area contributed by atoms with Crippen molar-refractivity contribution in [2.45, 2.75) is 19.8 Å². The second kappa shape index (κ2) is 5.72. The zero-order valence-electron chi connectivity index (χ0n) is 9.93. The maximum Gasteiger partial charge on any atom is 0.228 e. The topological polar surface area (TPSA) is 64.1 Å². The zero-order chi connectivity index (χ0) is 12.1. The van der Waals surface area contributed by atoms with Crippen LogP contribution >= 0.6 is 0 Å². The van der Waals surface area contributed by atoms with Crippen molar-refractivity contribution in [3.63, 3.8) is 0 Å². The molecule has 1 N–H and O–H groups in total. The van der Waals surface area contributed by atoms with E-state index in [0.717, 1.165) is 26.1 Å². The molecule has 2 heterocycles. The highest BCUT2D eigenvalue weighted by Crippen LogP contribution is 2.24. The number of carbonyl (C=O) groups excluding carboxylic acids is 1. The summed E-state index contributed by atoms with van der Waals surface area (Å²) >= 11 is 0. The van der Waals surface area contributed by atoms with Crippen LogP contribution in [0, 0.1) is 11.8 Å². The molecule has 92 valence electrons. The van der Waals surface area contributed by atoms with Crippen molar-refractivity contribution in [1.82, 2.24) is 9.97 Å². The van der Waals surface area contributed by atoms with Gasteiger partial charge in [-0.05, 0) is 18.8 Å². The lowest BCUT2D eigenvalue weighted by molar-refractivity contribution is -0.122. The van der Waals surface area contributed by atoms with Crippen LogP contribution in [0.5, 0.6) is 0 Å².